The number of hydrogen-bond donors (Lipinski definition) is 2. The van der Waals surface area contributed by atoms with Crippen molar-refractivity contribution >= 4 is 5.96 Å². The quantitative estimate of drug-likeness (QED) is 0.419. The van der Waals surface area contributed by atoms with Crippen LogP contribution in [0.25, 0.3) is 0 Å². The van der Waals surface area contributed by atoms with Crippen LogP contribution in [0, 0.1) is 5.92 Å². The Kier molecular flexibility index (Phi) is 7.01. The molecular weight excluding hydrogens is 212 g/mol. The Hall–Kier alpha value is -0.770. The zero-order chi connectivity index (χ0) is 12.5. The monoisotopic (exact) mass is 240 g/mol. The van der Waals surface area contributed by atoms with E-state index in [1.807, 2.05) is 0 Å². The minimum absolute atomic E-state index is 0.596. The Labute approximate surface area is 106 Å². The molecule has 0 bridgehead atoms. The standard InChI is InChI=1S/C13H28N4/c1-3-7-15-13(14)16-8-5-10-17-9-4-6-12(2)11-17/h12H,3-11H2,1-2H3,(H3,14,15,16). The molecule has 0 aromatic heterocycles. The smallest absolute Gasteiger partial charge is 0.188 e. The van der Waals surface area contributed by atoms with Gasteiger partial charge in [-0.2, -0.15) is 0 Å². The third kappa shape index (κ3) is 6.51. The summed E-state index contributed by atoms with van der Waals surface area (Å²) in [6.45, 7) is 9.92. The van der Waals surface area contributed by atoms with Gasteiger partial charge in [-0.25, -0.2) is 0 Å². The zero-order valence-corrected chi connectivity index (χ0v) is 11.4. The fraction of sp³-hybridized carbons (Fsp3) is 0.923. The first-order valence-corrected chi connectivity index (χ1v) is 6.98. The maximum Gasteiger partial charge on any atom is 0.188 e. The second-order valence-electron chi connectivity index (χ2n) is 5.10. The highest BCUT2D eigenvalue weighted by atomic mass is 15.1. The molecule has 1 aliphatic heterocycles. The summed E-state index contributed by atoms with van der Waals surface area (Å²) in [6.07, 6.45) is 4.95. The molecule has 0 spiro atoms. The maximum absolute atomic E-state index is 5.73. The highest BCUT2D eigenvalue weighted by Gasteiger charge is 2.15. The van der Waals surface area contributed by atoms with E-state index in [0.717, 1.165) is 31.8 Å². The molecule has 1 fully saturated rings. The van der Waals surface area contributed by atoms with Crippen LogP contribution < -0.4 is 11.1 Å². The van der Waals surface area contributed by atoms with Crippen molar-refractivity contribution in [3.05, 3.63) is 0 Å². The molecule has 0 aromatic rings. The third-order valence-electron chi connectivity index (χ3n) is 3.20. The molecule has 1 heterocycles. The van der Waals surface area contributed by atoms with Crippen LogP contribution in [-0.2, 0) is 0 Å². The first-order valence-electron chi connectivity index (χ1n) is 6.98. The van der Waals surface area contributed by atoms with Crippen molar-refractivity contribution in [2.24, 2.45) is 16.6 Å². The van der Waals surface area contributed by atoms with Crippen molar-refractivity contribution in [3.63, 3.8) is 0 Å². The number of likely N-dealkylation sites (tertiary alicyclic amines) is 1. The Morgan fingerprint density at radius 2 is 2.35 bits per heavy atom. The minimum atomic E-state index is 0.596. The van der Waals surface area contributed by atoms with Gasteiger partial charge in [0.25, 0.3) is 0 Å². The van der Waals surface area contributed by atoms with E-state index >= 15 is 0 Å². The lowest BCUT2D eigenvalue weighted by Gasteiger charge is -2.30. The van der Waals surface area contributed by atoms with Gasteiger partial charge >= 0.3 is 0 Å². The molecule has 17 heavy (non-hydrogen) atoms. The summed E-state index contributed by atoms with van der Waals surface area (Å²) in [4.78, 5) is 6.77. The lowest BCUT2D eigenvalue weighted by molar-refractivity contribution is 0.182. The molecule has 0 aromatic carbocycles. The van der Waals surface area contributed by atoms with E-state index in [1.165, 1.54) is 32.5 Å². The molecule has 1 saturated heterocycles. The number of aliphatic imine (C=N–C) groups is 1. The normalized spacial score (nSPS) is 22.7. The van der Waals surface area contributed by atoms with Crippen LogP contribution in [0.3, 0.4) is 0 Å². The molecule has 1 rings (SSSR count). The number of nitrogens with zero attached hydrogens (tertiary/aromatic N) is 2. The number of nitrogens with one attached hydrogen (secondary N) is 1. The van der Waals surface area contributed by atoms with Crippen LogP contribution in [0.4, 0.5) is 0 Å². The second kappa shape index (κ2) is 8.34. The van der Waals surface area contributed by atoms with Crippen molar-refractivity contribution in [1.29, 1.82) is 0 Å². The van der Waals surface area contributed by atoms with Crippen molar-refractivity contribution in [2.45, 2.75) is 39.5 Å². The van der Waals surface area contributed by atoms with Gasteiger partial charge in [0.15, 0.2) is 5.96 Å². The fourth-order valence-corrected chi connectivity index (χ4v) is 2.30. The van der Waals surface area contributed by atoms with Crippen LogP contribution in [0.15, 0.2) is 4.99 Å². The topological polar surface area (TPSA) is 53.6 Å². The maximum atomic E-state index is 5.73. The van der Waals surface area contributed by atoms with Gasteiger partial charge in [0, 0.05) is 19.6 Å². The van der Waals surface area contributed by atoms with E-state index in [-0.39, 0.29) is 0 Å². The Bertz CT molecular complexity index is 227. The number of nitrogens with two attached hydrogens (primary N) is 1. The van der Waals surface area contributed by atoms with Gasteiger partial charge in [-0.3, -0.25) is 4.99 Å². The number of hydrogen-bond acceptors (Lipinski definition) is 2. The van der Waals surface area contributed by atoms with Crippen molar-refractivity contribution < 1.29 is 0 Å². The van der Waals surface area contributed by atoms with Crippen LogP contribution in [0.1, 0.15) is 39.5 Å². The lowest BCUT2D eigenvalue weighted by atomic mass is 10.0. The van der Waals surface area contributed by atoms with Gasteiger partial charge in [-0.15, -0.1) is 0 Å². The molecule has 1 atom stereocenters. The molecule has 100 valence electrons. The molecule has 1 unspecified atom stereocenters. The summed E-state index contributed by atoms with van der Waals surface area (Å²) in [5.41, 5.74) is 5.73. The second-order valence-corrected chi connectivity index (χ2v) is 5.10. The van der Waals surface area contributed by atoms with Crippen molar-refractivity contribution in [2.75, 3.05) is 32.7 Å². The third-order valence-corrected chi connectivity index (χ3v) is 3.20. The highest BCUT2D eigenvalue weighted by Crippen LogP contribution is 2.15. The summed E-state index contributed by atoms with van der Waals surface area (Å²) < 4.78 is 0. The predicted octanol–water partition coefficient (Wildman–Crippen LogP) is 1.42. The fourth-order valence-electron chi connectivity index (χ4n) is 2.30. The van der Waals surface area contributed by atoms with Crippen LogP contribution in [0.2, 0.25) is 0 Å². The van der Waals surface area contributed by atoms with E-state index in [4.69, 9.17) is 5.73 Å². The van der Waals surface area contributed by atoms with E-state index in [9.17, 15) is 0 Å². The van der Waals surface area contributed by atoms with E-state index < -0.39 is 0 Å². The highest BCUT2D eigenvalue weighted by molar-refractivity contribution is 5.77. The van der Waals surface area contributed by atoms with Gasteiger partial charge in [0.2, 0.25) is 0 Å². The summed E-state index contributed by atoms with van der Waals surface area (Å²) in [5.74, 6) is 1.46. The van der Waals surface area contributed by atoms with Gasteiger partial charge < -0.3 is 16.0 Å². The van der Waals surface area contributed by atoms with Crippen LogP contribution in [0.5, 0.6) is 0 Å². The minimum Gasteiger partial charge on any atom is -0.370 e. The van der Waals surface area contributed by atoms with E-state index in [0.29, 0.717) is 5.96 Å². The Morgan fingerprint density at radius 1 is 1.53 bits per heavy atom. The van der Waals surface area contributed by atoms with Gasteiger partial charge in [-0.1, -0.05) is 13.8 Å². The average Bonchev–Trinajstić information content (AvgIpc) is 2.32. The molecule has 0 radical (unpaired) electrons. The van der Waals surface area contributed by atoms with Gasteiger partial charge in [-0.05, 0) is 44.7 Å². The van der Waals surface area contributed by atoms with E-state index in [2.05, 4.69) is 29.1 Å². The number of rotatable bonds is 6. The predicted molar refractivity (Wildman–Crippen MR) is 74.2 cm³/mol. The van der Waals surface area contributed by atoms with Gasteiger partial charge in [0.05, 0.1) is 0 Å². The molecule has 4 heteroatoms. The summed E-state index contributed by atoms with van der Waals surface area (Å²) >= 11 is 0. The number of guanidine groups is 1. The number of piperidine rings is 1. The Morgan fingerprint density at radius 3 is 3.06 bits per heavy atom. The first-order chi connectivity index (χ1) is 8.22. The summed E-state index contributed by atoms with van der Waals surface area (Å²) in [7, 11) is 0. The SMILES string of the molecule is CCCN=C(N)NCCCN1CCCC(C)C1. The van der Waals surface area contributed by atoms with Gasteiger partial charge in [0.1, 0.15) is 0 Å². The summed E-state index contributed by atoms with van der Waals surface area (Å²) in [5, 5.41) is 3.17. The average molecular weight is 240 g/mol. The largest absolute Gasteiger partial charge is 0.370 e. The molecule has 0 aliphatic carbocycles. The lowest BCUT2D eigenvalue weighted by Crippen LogP contribution is -2.38. The zero-order valence-electron chi connectivity index (χ0n) is 11.4. The molecule has 0 amide bonds. The van der Waals surface area contributed by atoms with Crippen LogP contribution >= 0.6 is 0 Å². The molecule has 4 nitrogen and oxygen atoms in total. The van der Waals surface area contributed by atoms with Crippen molar-refractivity contribution in [3.8, 4) is 0 Å². The Balaban J connectivity index is 2.03. The van der Waals surface area contributed by atoms with E-state index in [1.54, 1.807) is 0 Å². The molecule has 0 saturated carbocycles. The summed E-state index contributed by atoms with van der Waals surface area (Å²) in [6, 6.07) is 0. The first kappa shape index (κ1) is 14.3. The molecule has 3 N–H and O–H groups in total. The van der Waals surface area contributed by atoms with Crippen molar-refractivity contribution in [1.82, 2.24) is 10.2 Å². The molecular formula is C13H28N4. The van der Waals surface area contributed by atoms with Crippen LogP contribution in [-0.4, -0.2) is 43.6 Å². The molecule has 1 aliphatic rings.